The Kier molecular flexibility index (Phi) is 4.14. The van der Waals surface area contributed by atoms with Gasteiger partial charge in [-0.2, -0.15) is 0 Å². The molecule has 1 aliphatic heterocycles. The summed E-state index contributed by atoms with van der Waals surface area (Å²) in [7, 11) is 0. The smallest absolute Gasteiger partial charge is 0.231 e. The van der Waals surface area contributed by atoms with Gasteiger partial charge >= 0.3 is 0 Å². The van der Waals surface area contributed by atoms with E-state index in [-0.39, 0.29) is 12.8 Å². The quantitative estimate of drug-likeness (QED) is 0.891. The molecule has 4 nitrogen and oxygen atoms in total. The average Bonchev–Trinajstić information content (AvgIpc) is 3.12. The van der Waals surface area contributed by atoms with Gasteiger partial charge in [-0.3, -0.25) is 0 Å². The molecule has 1 aromatic heterocycles. The number of thiophene rings is 1. The average molecular weight is 305 g/mol. The van der Waals surface area contributed by atoms with E-state index in [1.165, 1.54) is 4.88 Å². The number of aliphatic hydroxyl groups excluding tert-OH is 1. The van der Waals surface area contributed by atoms with Gasteiger partial charge in [-0.1, -0.05) is 6.07 Å². The molecule has 0 saturated carbocycles. The van der Waals surface area contributed by atoms with Gasteiger partial charge < -0.3 is 19.9 Å². The molecule has 0 saturated heterocycles. The highest BCUT2D eigenvalue weighted by molar-refractivity contribution is 7.12. The SMILES string of the molecule is Cc1ccc(C(O)CNC(C)c2ccc3c(c2)OCO3)s1. The highest BCUT2D eigenvalue weighted by atomic mass is 32.1. The van der Waals surface area contributed by atoms with Gasteiger partial charge in [-0.15, -0.1) is 11.3 Å². The van der Waals surface area contributed by atoms with E-state index in [1.54, 1.807) is 11.3 Å². The van der Waals surface area contributed by atoms with E-state index in [9.17, 15) is 5.11 Å². The Morgan fingerprint density at radius 2 is 2.05 bits per heavy atom. The zero-order chi connectivity index (χ0) is 14.8. The van der Waals surface area contributed by atoms with Crippen LogP contribution in [0.2, 0.25) is 0 Å². The fraction of sp³-hybridized carbons (Fsp3) is 0.375. The number of benzene rings is 1. The molecule has 3 rings (SSSR count). The Morgan fingerprint density at radius 1 is 1.24 bits per heavy atom. The number of fused-ring (bicyclic) bond motifs is 1. The van der Waals surface area contributed by atoms with Gasteiger partial charge in [0, 0.05) is 22.3 Å². The summed E-state index contributed by atoms with van der Waals surface area (Å²) in [4.78, 5) is 2.21. The normalized spacial score (nSPS) is 16.0. The first-order chi connectivity index (χ1) is 10.1. The van der Waals surface area contributed by atoms with Gasteiger partial charge in [0.15, 0.2) is 11.5 Å². The minimum atomic E-state index is -0.472. The van der Waals surface area contributed by atoms with Crippen molar-refractivity contribution >= 4 is 11.3 Å². The Balaban J connectivity index is 1.60. The number of nitrogens with one attached hydrogen (secondary N) is 1. The second kappa shape index (κ2) is 6.05. The molecule has 21 heavy (non-hydrogen) atoms. The number of hydrogen-bond acceptors (Lipinski definition) is 5. The van der Waals surface area contributed by atoms with Crippen LogP contribution in [0.15, 0.2) is 30.3 Å². The minimum absolute atomic E-state index is 0.134. The van der Waals surface area contributed by atoms with Crippen molar-refractivity contribution in [2.75, 3.05) is 13.3 Å². The van der Waals surface area contributed by atoms with Crippen LogP contribution in [0, 0.1) is 6.92 Å². The van der Waals surface area contributed by atoms with Gasteiger partial charge in [-0.25, -0.2) is 0 Å². The van der Waals surface area contributed by atoms with E-state index >= 15 is 0 Å². The van der Waals surface area contributed by atoms with Crippen LogP contribution < -0.4 is 14.8 Å². The molecule has 0 fully saturated rings. The van der Waals surface area contributed by atoms with Crippen molar-refractivity contribution in [1.29, 1.82) is 0 Å². The van der Waals surface area contributed by atoms with Crippen LogP contribution >= 0.6 is 11.3 Å². The van der Waals surface area contributed by atoms with E-state index < -0.39 is 6.10 Å². The lowest BCUT2D eigenvalue weighted by Crippen LogP contribution is -2.24. The van der Waals surface area contributed by atoms with Crippen molar-refractivity contribution in [2.45, 2.75) is 26.0 Å². The van der Waals surface area contributed by atoms with Crippen molar-refractivity contribution in [3.05, 3.63) is 45.6 Å². The first-order valence-electron chi connectivity index (χ1n) is 7.01. The molecule has 0 bridgehead atoms. The lowest BCUT2D eigenvalue weighted by atomic mass is 10.1. The lowest BCUT2D eigenvalue weighted by molar-refractivity contribution is 0.173. The van der Waals surface area contributed by atoms with E-state index in [0.29, 0.717) is 6.54 Å². The van der Waals surface area contributed by atoms with Gasteiger partial charge in [0.25, 0.3) is 0 Å². The zero-order valence-electron chi connectivity index (χ0n) is 12.1. The summed E-state index contributed by atoms with van der Waals surface area (Å²) >= 11 is 1.63. The third-order valence-corrected chi connectivity index (χ3v) is 4.71. The lowest BCUT2D eigenvalue weighted by Gasteiger charge is -2.17. The molecule has 112 valence electrons. The van der Waals surface area contributed by atoms with Gasteiger partial charge in [0.05, 0.1) is 0 Å². The molecule has 0 radical (unpaired) electrons. The van der Waals surface area contributed by atoms with Crippen molar-refractivity contribution in [2.24, 2.45) is 0 Å². The van der Waals surface area contributed by atoms with E-state index in [4.69, 9.17) is 9.47 Å². The predicted molar refractivity (Wildman–Crippen MR) is 83.0 cm³/mol. The fourth-order valence-electron chi connectivity index (χ4n) is 2.32. The first kappa shape index (κ1) is 14.4. The molecular weight excluding hydrogens is 286 g/mol. The summed E-state index contributed by atoms with van der Waals surface area (Å²) in [5, 5.41) is 13.5. The third-order valence-electron chi connectivity index (χ3n) is 3.60. The molecule has 1 aromatic carbocycles. The summed E-state index contributed by atoms with van der Waals surface area (Å²) in [6.45, 7) is 4.93. The maximum atomic E-state index is 10.2. The van der Waals surface area contributed by atoms with Crippen LogP contribution in [0.4, 0.5) is 0 Å². The third kappa shape index (κ3) is 3.20. The summed E-state index contributed by atoms with van der Waals surface area (Å²) < 4.78 is 10.7. The molecule has 2 N–H and O–H groups in total. The van der Waals surface area contributed by atoms with Crippen LogP contribution in [0.5, 0.6) is 11.5 Å². The number of aryl methyl sites for hydroxylation is 1. The summed E-state index contributed by atoms with van der Waals surface area (Å²) in [6, 6.07) is 10.1. The van der Waals surface area contributed by atoms with Crippen LogP contribution in [-0.2, 0) is 0 Å². The topological polar surface area (TPSA) is 50.7 Å². The van der Waals surface area contributed by atoms with E-state index in [1.807, 2.05) is 37.3 Å². The molecule has 5 heteroatoms. The summed E-state index contributed by atoms with van der Waals surface area (Å²) in [5.41, 5.74) is 1.12. The number of hydrogen-bond donors (Lipinski definition) is 2. The van der Waals surface area contributed by atoms with Crippen LogP contribution in [-0.4, -0.2) is 18.4 Å². The molecule has 2 aromatic rings. The zero-order valence-corrected chi connectivity index (χ0v) is 12.9. The van der Waals surface area contributed by atoms with Crippen molar-refractivity contribution in [3.63, 3.8) is 0 Å². The molecule has 0 amide bonds. The van der Waals surface area contributed by atoms with Crippen molar-refractivity contribution < 1.29 is 14.6 Å². The van der Waals surface area contributed by atoms with Crippen molar-refractivity contribution in [1.82, 2.24) is 5.32 Å². The van der Waals surface area contributed by atoms with Crippen LogP contribution in [0.25, 0.3) is 0 Å². The molecule has 0 aliphatic carbocycles. The minimum Gasteiger partial charge on any atom is -0.454 e. The highest BCUT2D eigenvalue weighted by Crippen LogP contribution is 2.34. The first-order valence-corrected chi connectivity index (χ1v) is 7.82. The second-order valence-corrected chi connectivity index (χ2v) is 6.53. The van der Waals surface area contributed by atoms with Crippen molar-refractivity contribution in [3.8, 4) is 11.5 Å². The van der Waals surface area contributed by atoms with Gasteiger partial charge in [-0.05, 0) is 43.7 Å². The highest BCUT2D eigenvalue weighted by Gasteiger charge is 2.17. The fourth-order valence-corrected chi connectivity index (χ4v) is 3.19. The molecule has 2 unspecified atom stereocenters. The molecule has 2 atom stereocenters. The maximum Gasteiger partial charge on any atom is 0.231 e. The molecular formula is C16H19NO3S. The molecule has 0 spiro atoms. The predicted octanol–water partition coefficient (Wildman–Crippen LogP) is 3.17. The number of rotatable bonds is 5. The maximum absolute atomic E-state index is 10.2. The summed E-state index contributed by atoms with van der Waals surface area (Å²) in [6.07, 6.45) is -0.472. The largest absolute Gasteiger partial charge is 0.454 e. The standard InChI is InChI=1S/C16H19NO3S/c1-10-3-6-16(21-10)13(18)8-17-11(2)12-4-5-14-15(7-12)20-9-19-14/h3-7,11,13,17-18H,8-9H2,1-2H3. The number of aliphatic hydroxyl groups is 1. The summed E-state index contributed by atoms with van der Waals surface area (Å²) in [5.74, 6) is 1.58. The van der Waals surface area contributed by atoms with Gasteiger partial charge in [0.1, 0.15) is 6.10 Å². The van der Waals surface area contributed by atoms with Gasteiger partial charge in [0.2, 0.25) is 6.79 Å². The van der Waals surface area contributed by atoms with E-state index in [2.05, 4.69) is 12.2 Å². The van der Waals surface area contributed by atoms with E-state index in [0.717, 1.165) is 21.9 Å². The molecule has 1 aliphatic rings. The van der Waals surface area contributed by atoms with Crippen LogP contribution in [0.1, 0.15) is 34.4 Å². The molecule has 2 heterocycles. The Hall–Kier alpha value is -1.56. The Bertz CT molecular complexity index is 626. The Labute approximate surface area is 128 Å². The van der Waals surface area contributed by atoms with Crippen LogP contribution in [0.3, 0.4) is 0 Å². The second-order valence-electron chi connectivity index (χ2n) is 5.21. The number of ether oxygens (including phenoxy) is 2. The monoisotopic (exact) mass is 305 g/mol. The Morgan fingerprint density at radius 3 is 2.81 bits per heavy atom.